The molecule has 2 saturated carbocycles. The van der Waals surface area contributed by atoms with Gasteiger partial charge in [-0.3, -0.25) is 4.99 Å². The average molecular weight is 224 g/mol. The number of aliphatic imine (C=N–C) groups is 1. The van der Waals surface area contributed by atoms with Gasteiger partial charge < -0.3 is 5.32 Å². The highest BCUT2D eigenvalue weighted by molar-refractivity contribution is 8.13. The van der Waals surface area contributed by atoms with E-state index in [0.29, 0.717) is 6.04 Å². The second kappa shape index (κ2) is 4.00. The third-order valence-corrected chi connectivity index (χ3v) is 5.18. The predicted molar refractivity (Wildman–Crippen MR) is 66.3 cm³/mol. The van der Waals surface area contributed by atoms with Gasteiger partial charge in [0.1, 0.15) is 0 Å². The highest BCUT2D eigenvalue weighted by Crippen LogP contribution is 2.37. The van der Waals surface area contributed by atoms with Crippen LogP contribution < -0.4 is 5.32 Å². The molecule has 0 saturated heterocycles. The van der Waals surface area contributed by atoms with Gasteiger partial charge in [0.25, 0.3) is 0 Å². The van der Waals surface area contributed by atoms with Crippen LogP contribution in [0.1, 0.15) is 39.0 Å². The van der Waals surface area contributed by atoms with Crippen molar-refractivity contribution >= 4 is 16.9 Å². The van der Waals surface area contributed by atoms with Gasteiger partial charge in [0, 0.05) is 11.8 Å². The van der Waals surface area contributed by atoms with Crippen LogP contribution in [0.2, 0.25) is 0 Å². The van der Waals surface area contributed by atoms with E-state index < -0.39 is 0 Å². The first-order chi connectivity index (χ1) is 7.36. The van der Waals surface area contributed by atoms with Crippen LogP contribution in [0.4, 0.5) is 0 Å². The molecule has 3 heteroatoms. The molecule has 0 bridgehead atoms. The molecule has 1 N–H and O–H groups in total. The largest absolute Gasteiger partial charge is 0.362 e. The van der Waals surface area contributed by atoms with E-state index in [9.17, 15) is 0 Å². The Labute approximate surface area is 96.3 Å². The van der Waals surface area contributed by atoms with Crippen LogP contribution in [0.15, 0.2) is 4.99 Å². The number of thioether (sulfide) groups is 1. The summed E-state index contributed by atoms with van der Waals surface area (Å²) in [6.07, 6.45) is 6.83. The number of hydrogen-bond acceptors (Lipinski definition) is 3. The van der Waals surface area contributed by atoms with Crippen LogP contribution in [-0.2, 0) is 0 Å². The Morgan fingerprint density at radius 2 is 2.40 bits per heavy atom. The Balaban J connectivity index is 1.58. The Hall–Kier alpha value is -0.180. The highest BCUT2D eigenvalue weighted by atomic mass is 32.2. The van der Waals surface area contributed by atoms with Crippen molar-refractivity contribution in [3.05, 3.63) is 0 Å². The van der Waals surface area contributed by atoms with Crippen LogP contribution in [0, 0.1) is 11.8 Å². The summed E-state index contributed by atoms with van der Waals surface area (Å²) in [6.45, 7) is 2.29. The summed E-state index contributed by atoms with van der Waals surface area (Å²) in [7, 11) is 0. The zero-order chi connectivity index (χ0) is 10.3. The van der Waals surface area contributed by atoms with Crippen LogP contribution in [0.3, 0.4) is 0 Å². The van der Waals surface area contributed by atoms with Crippen molar-refractivity contribution in [1.29, 1.82) is 0 Å². The van der Waals surface area contributed by atoms with E-state index in [2.05, 4.69) is 12.2 Å². The number of nitrogens with zero attached hydrogens (tertiary/aromatic N) is 1. The first-order valence-corrected chi connectivity index (χ1v) is 7.32. The van der Waals surface area contributed by atoms with Crippen molar-refractivity contribution in [2.45, 2.75) is 51.1 Å². The quantitative estimate of drug-likeness (QED) is 0.780. The Bertz CT molecular complexity index is 277. The lowest BCUT2D eigenvalue weighted by atomic mass is 10.1. The van der Waals surface area contributed by atoms with E-state index in [1.54, 1.807) is 0 Å². The van der Waals surface area contributed by atoms with E-state index in [4.69, 9.17) is 4.99 Å². The molecule has 84 valence electrons. The van der Waals surface area contributed by atoms with Crippen molar-refractivity contribution in [2.75, 3.05) is 5.75 Å². The molecule has 0 aromatic carbocycles. The molecule has 0 spiro atoms. The molecule has 0 aromatic rings. The van der Waals surface area contributed by atoms with E-state index in [-0.39, 0.29) is 0 Å². The fourth-order valence-corrected chi connectivity index (χ4v) is 4.07. The molecule has 0 aromatic heterocycles. The van der Waals surface area contributed by atoms with Gasteiger partial charge in [-0.1, -0.05) is 31.5 Å². The molecule has 0 radical (unpaired) electrons. The number of nitrogens with one attached hydrogen (secondary N) is 1. The van der Waals surface area contributed by atoms with Crippen molar-refractivity contribution in [1.82, 2.24) is 5.32 Å². The molecule has 2 nitrogen and oxygen atoms in total. The zero-order valence-corrected chi connectivity index (χ0v) is 10.2. The molecule has 0 amide bonds. The SMILES string of the molecule is CCC1CC1NC1=NC2CCCC2CS1. The lowest BCUT2D eigenvalue weighted by Gasteiger charge is -2.23. The van der Waals surface area contributed by atoms with Gasteiger partial charge in [0.2, 0.25) is 0 Å². The van der Waals surface area contributed by atoms with Gasteiger partial charge in [-0.25, -0.2) is 0 Å². The minimum absolute atomic E-state index is 0.660. The minimum Gasteiger partial charge on any atom is -0.362 e. The van der Waals surface area contributed by atoms with E-state index in [1.165, 1.54) is 43.0 Å². The Kier molecular flexibility index (Phi) is 2.67. The highest BCUT2D eigenvalue weighted by Gasteiger charge is 2.38. The molecule has 4 atom stereocenters. The molecule has 2 fully saturated rings. The van der Waals surface area contributed by atoms with Crippen molar-refractivity contribution in [3.8, 4) is 0 Å². The average Bonchev–Trinajstić information content (AvgIpc) is 2.84. The molecule has 3 aliphatic rings. The number of hydrogen-bond donors (Lipinski definition) is 1. The number of amidine groups is 1. The van der Waals surface area contributed by atoms with Crippen LogP contribution in [-0.4, -0.2) is 23.0 Å². The second-order valence-corrected chi connectivity index (χ2v) is 6.17. The Morgan fingerprint density at radius 1 is 1.47 bits per heavy atom. The molecule has 15 heavy (non-hydrogen) atoms. The van der Waals surface area contributed by atoms with Crippen molar-refractivity contribution < 1.29 is 0 Å². The summed E-state index contributed by atoms with van der Waals surface area (Å²) in [5.74, 6) is 3.12. The summed E-state index contributed by atoms with van der Waals surface area (Å²) in [4.78, 5) is 4.86. The van der Waals surface area contributed by atoms with Gasteiger partial charge in [-0.2, -0.15) is 0 Å². The maximum absolute atomic E-state index is 4.86. The summed E-state index contributed by atoms with van der Waals surface area (Å²) < 4.78 is 0. The fourth-order valence-electron chi connectivity index (χ4n) is 2.87. The van der Waals surface area contributed by atoms with Crippen LogP contribution in [0.5, 0.6) is 0 Å². The zero-order valence-electron chi connectivity index (χ0n) is 9.41. The van der Waals surface area contributed by atoms with Crippen LogP contribution >= 0.6 is 11.8 Å². The second-order valence-electron chi connectivity index (χ2n) is 5.16. The normalized spacial score (nSPS) is 43.4. The maximum atomic E-state index is 4.86. The van der Waals surface area contributed by atoms with Gasteiger partial charge in [0.05, 0.1) is 6.04 Å². The standard InChI is InChI=1S/C12H20N2S/c1-2-8-6-11(8)14-12-13-10-5-3-4-9(10)7-15-12/h8-11H,2-7H2,1H3,(H,13,14). The van der Waals surface area contributed by atoms with E-state index in [0.717, 1.165) is 17.9 Å². The molecule has 2 aliphatic carbocycles. The lowest BCUT2D eigenvalue weighted by molar-refractivity contribution is 0.532. The fraction of sp³-hybridized carbons (Fsp3) is 0.917. The van der Waals surface area contributed by atoms with Gasteiger partial charge in [0.15, 0.2) is 5.17 Å². The smallest absolute Gasteiger partial charge is 0.157 e. The van der Waals surface area contributed by atoms with Crippen LogP contribution in [0.25, 0.3) is 0 Å². The molecule has 1 heterocycles. The van der Waals surface area contributed by atoms with Gasteiger partial charge in [-0.15, -0.1) is 0 Å². The van der Waals surface area contributed by atoms with E-state index >= 15 is 0 Å². The molecule has 3 rings (SSSR count). The third-order valence-electron chi connectivity index (χ3n) is 4.09. The number of fused-ring (bicyclic) bond motifs is 1. The number of rotatable bonds is 2. The molecule has 4 unspecified atom stereocenters. The van der Waals surface area contributed by atoms with E-state index in [1.807, 2.05) is 11.8 Å². The van der Waals surface area contributed by atoms with Crippen molar-refractivity contribution in [2.24, 2.45) is 16.8 Å². The first kappa shape index (κ1) is 10.0. The summed E-state index contributed by atoms with van der Waals surface area (Å²) in [6, 6.07) is 1.41. The third kappa shape index (κ3) is 2.03. The molecular formula is C12H20N2S. The van der Waals surface area contributed by atoms with Crippen molar-refractivity contribution in [3.63, 3.8) is 0 Å². The summed E-state index contributed by atoms with van der Waals surface area (Å²) >= 11 is 1.96. The maximum Gasteiger partial charge on any atom is 0.157 e. The molecule has 1 aliphatic heterocycles. The first-order valence-electron chi connectivity index (χ1n) is 6.34. The lowest BCUT2D eigenvalue weighted by Crippen LogP contribution is -2.31. The summed E-state index contributed by atoms with van der Waals surface area (Å²) in [5, 5.41) is 4.87. The summed E-state index contributed by atoms with van der Waals surface area (Å²) in [5.41, 5.74) is 0. The topological polar surface area (TPSA) is 24.4 Å². The minimum atomic E-state index is 0.660. The predicted octanol–water partition coefficient (Wildman–Crippen LogP) is 2.65. The molecular weight excluding hydrogens is 204 g/mol. The monoisotopic (exact) mass is 224 g/mol. The van der Waals surface area contributed by atoms with Gasteiger partial charge >= 0.3 is 0 Å². The Morgan fingerprint density at radius 3 is 3.20 bits per heavy atom. The van der Waals surface area contributed by atoms with Gasteiger partial charge in [-0.05, 0) is 31.1 Å².